The van der Waals surface area contributed by atoms with E-state index in [1.807, 2.05) is 0 Å². The molecule has 7 heavy (non-hydrogen) atoms. The molecule has 0 aromatic heterocycles. The van der Waals surface area contributed by atoms with Crippen molar-refractivity contribution in [3.63, 3.8) is 0 Å². The summed E-state index contributed by atoms with van der Waals surface area (Å²) >= 11 is 0. The molecule has 0 aromatic carbocycles. The van der Waals surface area contributed by atoms with Gasteiger partial charge in [0.05, 0.1) is 11.5 Å². The van der Waals surface area contributed by atoms with Crippen molar-refractivity contribution in [1.82, 2.24) is 0 Å². The van der Waals surface area contributed by atoms with Crippen molar-refractivity contribution in [1.29, 1.82) is 5.26 Å². The summed E-state index contributed by atoms with van der Waals surface area (Å²) in [5.74, 6) is 0.958. The summed E-state index contributed by atoms with van der Waals surface area (Å²) in [5, 5.41) is 8.43. The Kier molecular flexibility index (Phi) is 0.353. The fourth-order valence-corrected chi connectivity index (χ4v) is 1.62. The van der Waals surface area contributed by atoms with Gasteiger partial charge in [0, 0.05) is 0 Å². The third kappa shape index (κ3) is 0.219. The molecule has 0 radical (unpaired) electrons. The van der Waals surface area contributed by atoms with E-state index >= 15 is 0 Å². The molecule has 3 aliphatic carbocycles. The summed E-state index contributed by atoms with van der Waals surface area (Å²) in [6.07, 6.45) is 3.64. The van der Waals surface area contributed by atoms with E-state index in [-0.39, 0.29) is 5.41 Å². The highest BCUT2D eigenvalue weighted by molar-refractivity contribution is 5.18. The van der Waals surface area contributed by atoms with Crippen LogP contribution in [0.2, 0.25) is 0 Å². The Labute approximate surface area is 42.9 Å². The first-order chi connectivity index (χ1) is 3.35. The quantitative estimate of drug-likeness (QED) is 0.443. The molecule has 1 heteroatoms. The average Bonchev–Trinajstić information content (AvgIpc) is 1.25. The van der Waals surface area contributed by atoms with Gasteiger partial charge in [-0.3, -0.25) is 0 Å². The predicted molar refractivity (Wildman–Crippen MR) is 25.4 cm³/mol. The Hall–Kier alpha value is -0.510. The van der Waals surface area contributed by atoms with Crippen LogP contribution in [0, 0.1) is 22.7 Å². The number of rotatable bonds is 0. The van der Waals surface area contributed by atoms with Gasteiger partial charge in [-0.05, 0) is 25.2 Å². The number of hydrogen-bond acceptors (Lipinski definition) is 1. The summed E-state index contributed by atoms with van der Waals surface area (Å²) in [4.78, 5) is 0. The molecule has 0 heterocycles. The molecule has 0 unspecified atom stereocenters. The molecule has 3 fully saturated rings. The molecule has 36 valence electrons. The summed E-state index contributed by atoms with van der Waals surface area (Å²) in [5.41, 5.74) is 0.213. The Morgan fingerprint density at radius 1 is 1.43 bits per heavy atom. The maximum absolute atomic E-state index is 8.43. The smallest absolute Gasteiger partial charge is 0.0690 e. The SMILES string of the molecule is N#CC12CC(C1)C2. The van der Waals surface area contributed by atoms with Gasteiger partial charge in [0.1, 0.15) is 0 Å². The first-order valence-electron chi connectivity index (χ1n) is 2.76. The zero-order valence-corrected chi connectivity index (χ0v) is 4.15. The van der Waals surface area contributed by atoms with Crippen molar-refractivity contribution in [2.24, 2.45) is 11.3 Å². The molecule has 3 rings (SSSR count). The first kappa shape index (κ1) is 3.49. The van der Waals surface area contributed by atoms with E-state index in [0.717, 1.165) is 5.92 Å². The van der Waals surface area contributed by atoms with E-state index in [9.17, 15) is 0 Å². The zero-order valence-electron chi connectivity index (χ0n) is 4.15. The highest BCUT2D eigenvalue weighted by Gasteiger charge is 2.57. The molecule has 0 aliphatic heterocycles. The molecule has 0 saturated heterocycles. The van der Waals surface area contributed by atoms with Gasteiger partial charge in [-0.15, -0.1) is 0 Å². The highest BCUT2D eigenvalue weighted by Crippen LogP contribution is 2.63. The van der Waals surface area contributed by atoms with Gasteiger partial charge in [-0.2, -0.15) is 5.26 Å². The van der Waals surface area contributed by atoms with Gasteiger partial charge in [-0.25, -0.2) is 0 Å². The molecular weight excluding hydrogens is 86.1 g/mol. The minimum atomic E-state index is 0.213. The number of hydrogen-bond donors (Lipinski definition) is 0. The van der Waals surface area contributed by atoms with Gasteiger partial charge in [-0.1, -0.05) is 0 Å². The van der Waals surface area contributed by atoms with Crippen LogP contribution in [0.25, 0.3) is 0 Å². The lowest BCUT2D eigenvalue weighted by Crippen LogP contribution is -2.50. The second kappa shape index (κ2) is 0.709. The minimum absolute atomic E-state index is 0.213. The van der Waals surface area contributed by atoms with Crippen molar-refractivity contribution in [2.45, 2.75) is 19.3 Å². The molecule has 0 aromatic rings. The number of nitriles is 1. The Morgan fingerprint density at radius 3 is 2.00 bits per heavy atom. The van der Waals surface area contributed by atoms with Gasteiger partial charge >= 0.3 is 0 Å². The monoisotopic (exact) mass is 93.1 g/mol. The summed E-state index contributed by atoms with van der Waals surface area (Å²) in [6.45, 7) is 0. The second-order valence-corrected chi connectivity index (χ2v) is 2.87. The van der Waals surface area contributed by atoms with Crippen LogP contribution in [0.15, 0.2) is 0 Å². The van der Waals surface area contributed by atoms with Crippen LogP contribution < -0.4 is 0 Å². The Morgan fingerprint density at radius 2 is 2.00 bits per heavy atom. The van der Waals surface area contributed by atoms with Crippen molar-refractivity contribution in [3.8, 4) is 6.07 Å². The third-order valence-corrected chi connectivity index (χ3v) is 2.28. The van der Waals surface area contributed by atoms with Crippen LogP contribution in [0.4, 0.5) is 0 Å². The van der Waals surface area contributed by atoms with Gasteiger partial charge in [0.2, 0.25) is 0 Å². The average molecular weight is 93.1 g/mol. The van der Waals surface area contributed by atoms with Crippen molar-refractivity contribution in [2.75, 3.05) is 0 Å². The lowest BCUT2D eigenvalue weighted by atomic mass is 9.45. The molecule has 0 amide bonds. The normalized spacial score (nSPS) is 53.9. The molecule has 2 bridgehead atoms. The largest absolute Gasteiger partial charge is 0.198 e. The lowest BCUT2D eigenvalue weighted by molar-refractivity contribution is -0.0525. The molecule has 0 spiro atoms. The van der Waals surface area contributed by atoms with Crippen molar-refractivity contribution < 1.29 is 0 Å². The fraction of sp³-hybridized carbons (Fsp3) is 0.833. The minimum Gasteiger partial charge on any atom is -0.198 e. The van der Waals surface area contributed by atoms with Gasteiger partial charge in [0.15, 0.2) is 0 Å². The summed E-state index contributed by atoms with van der Waals surface area (Å²) in [7, 11) is 0. The summed E-state index contributed by atoms with van der Waals surface area (Å²) < 4.78 is 0. The van der Waals surface area contributed by atoms with Crippen LogP contribution >= 0.6 is 0 Å². The maximum atomic E-state index is 8.43. The van der Waals surface area contributed by atoms with Crippen LogP contribution in [-0.2, 0) is 0 Å². The lowest BCUT2D eigenvalue weighted by Gasteiger charge is -2.56. The van der Waals surface area contributed by atoms with Gasteiger partial charge < -0.3 is 0 Å². The molecular formula is C6H7N. The Bertz CT molecular complexity index is 126. The standard InChI is InChI=1S/C6H7N/c7-4-6-1-5(2-6)3-6/h5H,1-3H2. The van der Waals surface area contributed by atoms with E-state index < -0.39 is 0 Å². The van der Waals surface area contributed by atoms with Crippen LogP contribution in [0.5, 0.6) is 0 Å². The predicted octanol–water partition coefficient (Wildman–Crippen LogP) is 1.31. The van der Waals surface area contributed by atoms with Crippen LogP contribution in [-0.4, -0.2) is 0 Å². The molecule has 0 N–H and O–H groups in total. The highest BCUT2D eigenvalue weighted by atomic mass is 14.6. The van der Waals surface area contributed by atoms with E-state index in [4.69, 9.17) is 5.26 Å². The van der Waals surface area contributed by atoms with E-state index in [1.54, 1.807) is 0 Å². The zero-order chi connectivity index (χ0) is 4.91. The van der Waals surface area contributed by atoms with E-state index in [0.29, 0.717) is 0 Å². The van der Waals surface area contributed by atoms with E-state index in [2.05, 4.69) is 6.07 Å². The molecule has 1 nitrogen and oxygen atoms in total. The third-order valence-electron chi connectivity index (χ3n) is 2.28. The molecule has 3 saturated carbocycles. The summed E-state index contributed by atoms with van der Waals surface area (Å²) in [6, 6.07) is 2.34. The van der Waals surface area contributed by atoms with Crippen LogP contribution in [0.3, 0.4) is 0 Å². The topological polar surface area (TPSA) is 23.8 Å². The number of nitrogens with zero attached hydrogens (tertiary/aromatic N) is 1. The Balaban J connectivity index is 2.20. The van der Waals surface area contributed by atoms with Crippen molar-refractivity contribution >= 4 is 0 Å². The van der Waals surface area contributed by atoms with Gasteiger partial charge in [0.25, 0.3) is 0 Å². The van der Waals surface area contributed by atoms with E-state index in [1.165, 1.54) is 19.3 Å². The van der Waals surface area contributed by atoms with Crippen molar-refractivity contribution in [3.05, 3.63) is 0 Å². The fourth-order valence-electron chi connectivity index (χ4n) is 1.62. The van der Waals surface area contributed by atoms with Crippen LogP contribution in [0.1, 0.15) is 19.3 Å². The molecule has 3 aliphatic rings. The maximum Gasteiger partial charge on any atom is 0.0690 e. The second-order valence-electron chi connectivity index (χ2n) is 2.87. The molecule has 0 atom stereocenters. The first-order valence-corrected chi connectivity index (χ1v) is 2.76.